The van der Waals surface area contributed by atoms with Crippen molar-refractivity contribution in [1.29, 1.82) is 0 Å². The molecule has 0 aliphatic heterocycles. The minimum atomic E-state index is -1.10. The Labute approximate surface area is 129 Å². The number of carbonyl (C=O) groups is 1. The van der Waals surface area contributed by atoms with E-state index < -0.39 is 12.3 Å². The summed E-state index contributed by atoms with van der Waals surface area (Å²) in [4.78, 5) is 9.86. The van der Waals surface area contributed by atoms with E-state index in [0.717, 1.165) is 12.8 Å². The average Bonchev–Trinajstić information content (AvgIpc) is 2.45. The van der Waals surface area contributed by atoms with Crippen LogP contribution in [0.4, 0.5) is 0 Å². The molecule has 0 heterocycles. The first-order valence-corrected chi connectivity index (χ1v) is 8.18. The van der Waals surface area contributed by atoms with Crippen LogP contribution in [0, 0.1) is 0 Å². The van der Waals surface area contributed by atoms with Crippen LogP contribution in [0.1, 0.15) is 85.0 Å². The largest absolute Gasteiger partial charge is 0.478 e. The number of hydrogen-bond acceptors (Lipinski definition) is 3. The lowest BCUT2D eigenvalue weighted by Gasteiger charge is -2.03. The van der Waals surface area contributed by atoms with Gasteiger partial charge in [-0.25, -0.2) is 4.79 Å². The van der Waals surface area contributed by atoms with E-state index in [0.29, 0.717) is 12.0 Å². The van der Waals surface area contributed by atoms with Crippen molar-refractivity contribution in [3.63, 3.8) is 0 Å². The Kier molecular flexibility index (Phi) is 18.3. The Morgan fingerprint density at radius 3 is 1.67 bits per heavy atom. The normalized spacial score (nSPS) is 11.2. The van der Waals surface area contributed by atoms with Crippen molar-refractivity contribution in [1.82, 2.24) is 0 Å². The highest BCUT2D eigenvalue weighted by Crippen LogP contribution is 2.10. The maximum absolute atomic E-state index is 9.86. The second-order valence-corrected chi connectivity index (χ2v) is 5.37. The third kappa shape index (κ3) is 21.6. The second kappa shape index (κ2) is 17.2. The molecular weight excluding hydrogens is 268 g/mol. The smallest absolute Gasteiger partial charge is 0.330 e. The SMILES string of the molecule is CC=C(C)C(=O)O.CCCCCCCCCCCC(O)O. The molecule has 0 aromatic rings. The van der Waals surface area contributed by atoms with Gasteiger partial charge in [-0.3, -0.25) is 0 Å². The van der Waals surface area contributed by atoms with Gasteiger partial charge in [0.1, 0.15) is 0 Å². The minimum Gasteiger partial charge on any atom is -0.478 e. The van der Waals surface area contributed by atoms with Gasteiger partial charge in [-0.15, -0.1) is 0 Å². The molecule has 0 spiro atoms. The molecule has 0 aliphatic carbocycles. The van der Waals surface area contributed by atoms with Gasteiger partial charge >= 0.3 is 5.97 Å². The zero-order chi connectivity index (χ0) is 16.5. The maximum Gasteiger partial charge on any atom is 0.330 e. The lowest BCUT2D eigenvalue weighted by Crippen LogP contribution is -2.02. The molecule has 126 valence electrons. The van der Waals surface area contributed by atoms with Crippen molar-refractivity contribution >= 4 is 5.97 Å². The monoisotopic (exact) mass is 302 g/mol. The fraction of sp³-hybridized carbons (Fsp3) is 0.824. The van der Waals surface area contributed by atoms with Crippen LogP contribution in [0.2, 0.25) is 0 Å². The van der Waals surface area contributed by atoms with Crippen molar-refractivity contribution in [3.05, 3.63) is 11.6 Å². The van der Waals surface area contributed by atoms with Gasteiger partial charge in [0.25, 0.3) is 0 Å². The zero-order valence-corrected chi connectivity index (χ0v) is 14.0. The molecule has 4 nitrogen and oxygen atoms in total. The molecule has 0 aliphatic rings. The third-order valence-electron chi connectivity index (χ3n) is 3.34. The van der Waals surface area contributed by atoms with E-state index in [9.17, 15) is 4.79 Å². The maximum atomic E-state index is 9.86. The first kappa shape index (κ1) is 22.4. The molecule has 0 bridgehead atoms. The van der Waals surface area contributed by atoms with E-state index in [1.54, 1.807) is 19.9 Å². The summed E-state index contributed by atoms with van der Waals surface area (Å²) in [5.41, 5.74) is 0.389. The van der Waals surface area contributed by atoms with Crippen LogP contribution in [0.25, 0.3) is 0 Å². The summed E-state index contributed by atoms with van der Waals surface area (Å²) < 4.78 is 0. The van der Waals surface area contributed by atoms with Gasteiger partial charge in [0.05, 0.1) is 0 Å². The number of aliphatic hydroxyl groups is 2. The molecule has 4 heteroatoms. The summed E-state index contributed by atoms with van der Waals surface area (Å²) in [6, 6.07) is 0. The summed E-state index contributed by atoms with van der Waals surface area (Å²) in [5.74, 6) is -0.845. The standard InChI is InChI=1S/C12H26O2.C5H8O2/c1-2-3-4-5-6-7-8-9-10-11-12(13)14;1-3-4(2)5(6)7/h12-14H,2-11H2,1H3;3H,1-2H3,(H,6,7). The molecule has 0 atom stereocenters. The molecule has 0 saturated carbocycles. The summed E-state index contributed by atoms with van der Waals surface area (Å²) in [6.45, 7) is 5.49. The molecular formula is C17H34O4. The molecule has 0 saturated heterocycles. The van der Waals surface area contributed by atoms with Crippen molar-refractivity contribution in [2.45, 2.75) is 91.3 Å². The molecule has 0 rings (SSSR count). The minimum absolute atomic E-state index is 0.389. The van der Waals surface area contributed by atoms with Crippen LogP contribution in [0.5, 0.6) is 0 Å². The molecule has 0 fully saturated rings. The third-order valence-corrected chi connectivity index (χ3v) is 3.34. The van der Waals surface area contributed by atoms with Crippen molar-refractivity contribution in [3.8, 4) is 0 Å². The summed E-state index contributed by atoms with van der Waals surface area (Å²) in [7, 11) is 0. The zero-order valence-electron chi connectivity index (χ0n) is 14.0. The van der Waals surface area contributed by atoms with Gasteiger partial charge in [-0.05, 0) is 26.7 Å². The van der Waals surface area contributed by atoms with Crippen LogP contribution in [0.3, 0.4) is 0 Å². The molecule has 0 aromatic heterocycles. The van der Waals surface area contributed by atoms with Crippen molar-refractivity contribution in [2.75, 3.05) is 0 Å². The average molecular weight is 302 g/mol. The van der Waals surface area contributed by atoms with Crippen LogP contribution < -0.4 is 0 Å². The Bertz CT molecular complexity index is 260. The Hall–Kier alpha value is -0.870. The quantitative estimate of drug-likeness (QED) is 0.303. The topological polar surface area (TPSA) is 77.8 Å². The molecule has 21 heavy (non-hydrogen) atoms. The first-order valence-electron chi connectivity index (χ1n) is 8.18. The van der Waals surface area contributed by atoms with Gasteiger partial charge < -0.3 is 15.3 Å². The lowest BCUT2D eigenvalue weighted by molar-refractivity contribution is -0.132. The number of aliphatic hydroxyl groups excluding tert-OH is 1. The van der Waals surface area contributed by atoms with Crippen LogP contribution in [0.15, 0.2) is 11.6 Å². The Morgan fingerprint density at radius 2 is 1.38 bits per heavy atom. The Balaban J connectivity index is 0. The lowest BCUT2D eigenvalue weighted by atomic mass is 10.1. The van der Waals surface area contributed by atoms with Crippen molar-refractivity contribution < 1.29 is 20.1 Å². The number of carboxylic acid groups (broad SMARTS) is 1. The van der Waals surface area contributed by atoms with Gasteiger partial charge in [0, 0.05) is 5.57 Å². The molecule has 3 N–H and O–H groups in total. The van der Waals surface area contributed by atoms with Gasteiger partial charge in [0.15, 0.2) is 6.29 Å². The van der Waals surface area contributed by atoms with Crippen LogP contribution in [-0.4, -0.2) is 27.6 Å². The molecule has 0 unspecified atom stereocenters. The van der Waals surface area contributed by atoms with Crippen LogP contribution in [-0.2, 0) is 4.79 Å². The number of hydrogen-bond donors (Lipinski definition) is 3. The van der Waals surface area contributed by atoms with Crippen molar-refractivity contribution in [2.24, 2.45) is 0 Å². The van der Waals surface area contributed by atoms with E-state index in [-0.39, 0.29) is 0 Å². The van der Waals surface area contributed by atoms with Gasteiger partial charge in [-0.1, -0.05) is 64.4 Å². The van der Waals surface area contributed by atoms with Crippen LogP contribution >= 0.6 is 0 Å². The van der Waals surface area contributed by atoms with E-state index >= 15 is 0 Å². The molecule has 0 aromatic carbocycles. The highest BCUT2D eigenvalue weighted by atomic mass is 16.5. The summed E-state index contributed by atoms with van der Waals surface area (Å²) >= 11 is 0. The number of rotatable bonds is 11. The number of allylic oxidation sites excluding steroid dienone is 1. The predicted molar refractivity (Wildman–Crippen MR) is 87.1 cm³/mol. The molecule has 0 amide bonds. The van der Waals surface area contributed by atoms with Gasteiger partial charge in [0.2, 0.25) is 0 Å². The van der Waals surface area contributed by atoms with Gasteiger partial charge in [-0.2, -0.15) is 0 Å². The molecule has 0 radical (unpaired) electrons. The predicted octanol–water partition coefficient (Wildman–Crippen LogP) is 4.26. The summed E-state index contributed by atoms with van der Waals surface area (Å²) in [5, 5.41) is 25.3. The number of aliphatic carboxylic acids is 1. The Morgan fingerprint density at radius 1 is 0.952 bits per heavy atom. The fourth-order valence-corrected chi connectivity index (χ4v) is 1.76. The van der Waals surface area contributed by atoms with E-state index in [4.69, 9.17) is 15.3 Å². The highest BCUT2D eigenvalue weighted by molar-refractivity contribution is 5.85. The summed E-state index contributed by atoms with van der Waals surface area (Å²) in [6.07, 6.45) is 12.4. The van der Waals surface area contributed by atoms with E-state index in [1.165, 1.54) is 44.9 Å². The van der Waals surface area contributed by atoms with E-state index in [2.05, 4.69) is 6.92 Å². The number of unbranched alkanes of at least 4 members (excludes halogenated alkanes) is 8. The highest BCUT2D eigenvalue weighted by Gasteiger charge is 1.96. The van der Waals surface area contributed by atoms with E-state index in [1.807, 2.05) is 0 Å². The first-order chi connectivity index (χ1) is 9.95. The fourth-order valence-electron chi connectivity index (χ4n) is 1.76. The number of carboxylic acids is 1. The second-order valence-electron chi connectivity index (χ2n) is 5.37.